The lowest BCUT2D eigenvalue weighted by molar-refractivity contribution is -0.154. The summed E-state index contributed by atoms with van der Waals surface area (Å²) in [5.41, 5.74) is 0.847. The van der Waals surface area contributed by atoms with Crippen LogP contribution in [0, 0.1) is 0 Å². The Morgan fingerprint density at radius 1 is 1.30 bits per heavy atom. The third kappa shape index (κ3) is 5.26. The van der Waals surface area contributed by atoms with Crippen LogP contribution in [0.15, 0.2) is 52.5 Å². The summed E-state index contributed by atoms with van der Waals surface area (Å²) in [5, 5.41) is 2.59. The first-order chi connectivity index (χ1) is 14.0. The summed E-state index contributed by atoms with van der Waals surface area (Å²) in [6.45, 7) is 0.0188. The Morgan fingerprint density at radius 3 is 2.77 bits per heavy atom. The molecule has 1 aliphatic heterocycles. The number of sulfonamides is 1. The molecule has 0 spiro atoms. The van der Waals surface area contributed by atoms with Crippen molar-refractivity contribution in [2.45, 2.75) is 30.6 Å². The van der Waals surface area contributed by atoms with Crippen molar-refractivity contribution in [1.29, 1.82) is 0 Å². The molecule has 0 unspecified atom stereocenters. The Kier molecular flexibility index (Phi) is 5.97. The van der Waals surface area contributed by atoms with Gasteiger partial charge in [-0.15, -0.1) is 0 Å². The average Bonchev–Trinajstić information content (AvgIpc) is 2.94. The molecule has 1 aromatic heterocycles. The number of alkyl halides is 3. The first-order valence-corrected chi connectivity index (χ1v) is 10.2. The van der Waals surface area contributed by atoms with Crippen LogP contribution in [0.2, 0.25) is 0 Å². The molecule has 1 aliphatic rings. The molecule has 0 radical (unpaired) electrons. The van der Waals surface area contributed by atoms with E-state index in [4.69, 9.17) is 0 Å². The van der Waals surface area contributed by atoms with Gasteiger partial charge in [-0.25, -0.2) is 13.4 Å². The van der Waals surface area contributed by atoms with Gasteiger partial charge >= 0.3 is 6.18 Å². The van der Waals surface area contributed by atoms with Crippen LogP contribution < -0.4 is 14.8 Å². The molecule has 2 heterocycles. The van der Waals surface area contributed by atoms with Crippen molar-refractivity contribution >= 4 is 21.8 Å². The number of amidine groups is 1. The van der Waals surface area contributed by atoms with Gasteiger partial charge in [-0.05, 0) is 30.7 Å². The number of aromatic nitrogens is 1. The van der Waals surface area contributed by atoms with Crippen LogP contribution in [0.4, 0.5) is 13.2 Å². The van der Waals surface area contributed by atoms with E-state index in [0.717, 1.165) is 0 Å². The molecular weight excluding hydrogens is 425 g/mol. The highest BCUT2D eigenvalue weighted by atomic mass is 32.2. The standard InChI is InChI=1S/C18H17F3N4O4S/c1-11(24-16-13-4-2-3-5-14(13)30(27,28)25-16)17(26)23-9-12-6-7-22-15(8-12)29-10-18(19,20)21/h2-8,11H,9-10H2,1H3,(H,23,26)(H,24,25)/t11-/m0/s1. The normalized spacial score (nSPS) is 17.1. The smallest absolute Gasteiger partial charge is 0.422 e. The molecule has 12 heteroatoms. The zero-order valence-corrected chi connectivity index (χ0v) is 16.4. The lowest BCUT2D eigenvalue weighted by Gasteiger charge is -2.11. The third-order valence-corrected chi connectivity index (χ3v) is 5.41. The van der Waals surface area contributed by atoms with E-state index in [-0.39, 0.29) is 23.2 Å². The second kappa shape index (κ2) is 8.30. The fourth-order valence-electron chi connectivity index (χ4n) is 2.61. The highest BCUT2D eigenvalue weighted by molar-refractivity contribution is 7.90. The first kappa shape index (κ1) is 21.6. The molecule has 1 amide bonds. The van der Waals surface area contributed by atoms with Gasteiger partial charge < -0.3 is 10.1 Å². The second-order valence-electron chi connectivity index (χ2n) is 6.38. The van der Waals surface area contributed by atoms with Crippen LogP contribution in [0.1, 0.15) is 18.1 Å². The quantitative estimate of drug-likeness (QED) is 0.709. The van der Waals surface area contributed by atoms with Crippen LogP contribution in [0.25, 0.3) is 0 Å². The van der Waals surface area contributed by atoms with E-state index >= 15 is 0 Å². The van der Waals surface area contributed by atoms with Crippen LogP contribution >= 0.6 is 0 Å². The lowest BCUT2D eigenvalue weighted by Crippen LogP contribution is -2.33. The number of hydrogen-bond acceptors (Lipinski definition) is 6. The van der Waals surface area contributed by atoms with E-state index in [1.807, 2.05) is 0 Å². The molecule has 2 aromatic rings. The van der Waals surface area contributed by atoms with E-state index < -0.39 is 34.8 Å². The summed E-state index contributed by atoms with van der Waals surface area (Å²) in [6, 6.07) is 8.13. The highest BCUT2D eigenvalue weighted by Crippen LogP contribution is 2.22. The summed E-state index contributed by atoms with van der Waals surface area (Å²) in [6.07, 6.45) is -3.22. The predicted octanol–water partition coefficient (Wildman–Crippen LogP) is 1.77. The molecule has 1 atom stereocenters. The van der Waals surface area contributed by atoms with Crippen molar-refractivity contribution in [3.05, 3.63) is 53.7 Å². The summed E-state index contributed by atoms with van der Waals surface area (Å²) >= 11 is 0. The molecule has 0 saturated heterocycles. The van der Waals surface area contributed by atoms with Crippen molar-refractivity contribution in [2.24, 2.45) is 4.99 Å². The van der Waals surface area contributed by atoms with Crippen molar-refractivity contribution in [3.63, 3.8) is 0 Å². The van der Waals surface area contributed by atoms with Gasteiger partial charge in [-0.1, -0.05) is 12.1 Å². The average molecular weight is 442 g/mol. The van der Waals surface area contributed by atoms with Crippen LogP contribution in [-0.4, -0.2) is 44.0 Å². The topological polar surface area (TPSA) is 110 Å². The van der Waals surface area contributed by atoms with Crippen molar-refractivity contribution in [1.82, 2.24) is 15.0 Å². The van der Waals surface area contributed by atoms with E-state index in [9.17, 15) is 26.4 Å². The van der Waals surface area contributed by atoms with Gasteiger partial charge in [-0.2, -0.15) is 13.2 Å². The lowest BCUT2D eigenvalue weighted by atomic mass is 10.2. The van der Waals surface area contributed by atoms with Gasteiger partial charge in [0.25, 0.3) is 10.0 Å². The number of carbonyl (C=O) groups excluding carboxylic acids is 1. The molecule has 0 bridgehead atoms. The Morgan fingerprint density at radius 2 is 2.03 bits per heavy atom. The van der Waals surface area contributed by atoms with Crippen molar-refractivity contribution in [3.8, 4) is 5.88 Å². The minimum Gasteiger partial charge on any atom is -0.468 e. The number of rotatable bonds is 6. The molecule has 2 N–H and O–H groups in total. The molecule has 160 valence electrons. The summed E-state index contributed by atoms with van der Waals surface area (Å²) in [7, 11) is -3.72. The molecule has 0 fully saturated rings. The van der Waals surface area contributed by atoms with Crippen LogP contribution in [0.3, 0.4) is 0 Å². The van der Waals surface area contributed by atoms with Gasteiger partial charge in [0.15, 0.2) is 6.61 Å². The molecule has 0 aliphatic carbocycles. The fraction of sp³-hybridized carbons (Fsp3) is 0.278. The molecular formula is C18H17F3N4O4S. The number of aliphatic imine (C=N–C) groups is 1. The molecule has 1 aromatic carbocycles. The van der Waals surface area contributed by atoms with Gasteiger partial charge in [0.1, 0.15) is 11.9 Å². The summed E-state index contributed by atoms with van der Waals surface area (Å²) in [4.78, 5) is 20.2. The molecule has 3 rings (SSSR count). The van der Waals surface area contributed by atoms with Crippen molar-refractivity contribution < 1.29 is 31.1 Å². The first-order valence-electron chi connectivity index (χ1n) is 8.67. The van der Waals surface area contributed by atoms with Gasteiger partial charge in [0, 0.05) is 24.4 Å². The number of benzene rings is 1. The van der Waals surface area contributed by atoms with Crippen LogP contribution in [-0.2, 0) is 21.4 Å². The van der Waals surface area contributed by atoms with E-state index in [2.05, 4.69) is 24.8 Å². The fourth-order valence-corrected chi connectivity index (χ4v) is 3.85. The number of halogens is 3. The maximum atomic E-state index is 12.3. The Balaban J connectivity index is 1.63. The number of fused-ring (bicyclic) bond motifs is 1. The zero-order valence-electron chi connectivity index (χ0n) is 15.6. The second-order valence-corrected chi connectivity index (χ2v) is 8.03. The van der Waals surface area contributed by atoms with Gasteiger partial charge in [-0.3, -0.25) is 14.5 Å². The number of ether oxygens (including phenoxy) is 1. The Labute approximate surface area is 170 Å². The number of hydrogen-bond donors (Lipinski definition) is 2. The van der Waals surface area contributed by atoms with Gasteiger partial charge in [0.05, 0.1) is 4.90 Å². The summed E-state index contributed by atoms with van der Waals surface area (Å²) < 4.78 is 67.8. The maximum absolute atomic E-state index is 12.3. The SMILES string of the molecule is C[C@H](N=C1NS(=O)(=O)c2ccccc21)C(=O)NCc1ccnc(OCC(F)(F)F)c1. The predicted molar refractivity (Wildman–Crippen MR) is 100 cm³/mol. The monoisotopic (exact) mass is 442 g/mol. The van der Waals surface area contributed by atoms with E-state index in [0.29, 0.717) is 11.1 Å². The number of nitrogens with zero attached hydrogens (tertiary/aromatic N) is 2. The number of pyridine rings is 1. The Hall–Kier alpha value is -3.15. The molecule has 8 nitrogen and oxygen atoms in total. The van der Waals surface area contributed by atoms with Crippen LogP contribution in [0.5, 0.6) is 5.88 Å². The minimum absolute atomic E-state index is 0.00123. The number of nitrogens with one attached hydrogen (secondary N) is 2. The van der Waals surface area contributed by atoms with E-state index in [1.165, 1.54) is 31.3 Å². The molecule has 0 saturated carbocycles. The van der Waals surface area contributed by atoms with E-state index in [1.54, 1.807) is 18.2 Å². The number of amides is 1. The Bertz CT molecular complexity index is 1090. The summed E-state index contributed by atoms with van der Waals surface area (Å²) in [5.74, 6) is -0.648. The largest absolute Gasteiger partial charge is 0.468 e. The molecule has 30 heavy (non-hydrogen) atoms. The zero-order chi connectivity index (χ0) is 21.9. The number of carbonyl (C=O) groups is 1. The third-order valence-electron chi connectivity index (χ3n) is 4.01. The highest BCUT2D eigenvalue weighted by Gasteiger charge is 2.31. The van der Waals surface area contributed by atoms with Gasteiger partial charge in [0.2, 0.25) is 11.8 Å². The minimum atomic E-state index is -4.49. The maximum Gasteiger partial charge on any atom is 0.422 e. The van der Waals surface area contributed by atoms with Crippen molar-refractivity contribution in [2.75, 3.05) is 6.61 Å².